The van der Waals surface area contributed by atoms with Crippen LogP contribution in [0.3, 0.4) is 0 Å². The Morgan fingerprint density at radius 3 is 2.62 bits per heavy atom. The molecule has 4 heteroatoms. The fourth-order valence-electron chi connectivity index (χ4n) is 0.421. The summed E-state index contributed by atoms with van der Waals surface area (Å²) < 4.78 is 16.6. The first-order valence-electron chi connectivity index (χ1n) is 2.21. The number of halogens is 1. The summed E-state index contributed by atoms with van der Waals surface area (Å²) in [5.74, 6) is 0. The van der Waals surface area contributed by atoms with Gasteiger partial charge in [-0.15, -0.1) is 0 Å². The van der Waals surface area contributed by atoms with Crippen LogP contribution >= 0.6 is 11.8 Å². The first-order valence-corrected chi connectivity index (χ1v) is 3.09. The molecule has 0 aromatic rings. The lowest BCUT2D eigenvalue weighted by Gasteiger charge is -1.98. The Hall–Kier alpha value is -0.250. The van der Waals surface area contributed by atoms with Crippen LogP contribution in [0.4, 0.5) is 9.18 Å². The summed E-state index contributed by atoms with van der Waals surface area (Å²) in [4.78, 5) is 10.2. The van der Waals surface area contributed by atoms with Crippen molar-refractivity contribution in [3.63, 3.8) is 0 Å². The molecule has 1 fully saturated rings. The van der Waals surface area contributed by atoms with Gasteiger partial charge < -0.3 is 4.74 Å². The van der Waals surface area contributed by atoms with Gasteiger partial charge >= 0.3 is 5.30 Å². The first-order chi connectivity index (χ1) is 3.70. The summed E-state index contributed by atoms with van der Waals surface area (Å²) in [6, 6.07) is 0. The molecule has 8 heavy (non-hydrogen) atoms. The topological polar surface area (TPSA) is 26.3 Å². The molecule has 0 radical (unpaired) electrons. The zero-order valence-electron chi connectivity index (χ0n) is 4.26. The molecule has 0 bridgehead atoms. The third kappa shape index (κ3) is 0.940. The minimum atomic E-state index is -1.16. The molecule has 0 aromatic heterocycles. The fourth-order valence-corrected chi connectivity index (χ4v) is 1.06. The van der Waals surface area contributed by atoms with E-state index in [2.05, 4.69) is 4.74 Å². The van der Waals surface area contributed by atoms with Crippen molar-refractivity contribution in [2.45, 2.75) is 18.5 Å². The van der Waals surface area contributed by atoms with E-state index in [0.717, 1.165) is 0 Å². The number of hydrogen-bond donors (Lipinski definition) is 0. The Labute approximate surface area is 50.4 Å². The smallest absolute Gasteiger partial charge is 0.370 e. The van der Waals surface area contributed by atoms with Crippen LogP contribution in [-0.4, -0.2) is 16.9 Å². The summed E-state index contributed by atoms with van der Waals surface area (Å²) in [6.07, 6.45) is -0.563. The number of carbonyl (C=O) groups is 1. The van der Waals surface area contributed by atoms with E-state index in [9.17, 15) is 9.18 Å². The van der Waals surface area contributed by atoms with Gasteiger partial charge in [-0.3, -0.25) is 0 Å². The molecule has 2 nitrogen and oxygen atoms in total. The number of thioether (sulfide) groups is 1. The predicted octanol–water partition coefficient (Wildman–Crippen LogP) is 1.55. The fraction of sp³-hybridized carbons (Fsp3) is 0.750. The molecule has 1 aliphatic heterocycles. The van der Waals surface area contributed by atoms with Gasteiger partial charge in [0.1, 0.15) is 6.10 Å². The molecule has 0 aliphatic carbocycles. The van der Waals surface area contributed by atoms with Crippen molar-refractivity contribution in [3.05, 3.63) is 0 Å². The van der Waals surface area contributed by atoms with Crippen LogP contribution in [0, 0.1) is 0 Å². The Balaban J connectivity index is 2.51. The van der Waals surface area contributed by atoms with E-state index in [-0.39, 0.29) is 0 Å². The van der Waals surface area contributed by atoms with Crippen molar-refractivity contribution < 1.29 is 13.9 Å². The highest BCUT2D eigenvalue weighted by Crippen LogP contribution is 2.28. The molecule has 1 aliphatic rings. The first kappa shape index (κ1) is 5.88. The van der Waals surface area contributed by atoms with Crippen molar-refractivity contribution in [3.8, 4) is 0 Å². The average molecular weight is 136 g/mol. The van der Waals surface area contributed by atoms with E-state index in [1.165, 1.54) is 6.92 Å². The normalized spacial score (nSPS) is 37.5. The maximum atomic E-state index is 12.2. The molecule has 2 unspecified atom stereocenters. The summed E-state index contributed by atoms with van der Waals surface area (Å²) in [5, 5.41) is -0.509. The number of rotatable bonds is 0. The highest BCUT2D eigenvalue weighted by molar-refractivity contribution is 8.14. The molecule has 2 atom stereocenters. The average Bonchev–Trinajstić information content (AvgIpc) is 1.85. The van der Waals surface area contributed by atoms with Gasteiger partial charge in [0.25, 0.3) is 0 Å². The van der Waals surface area contributed by atoms with E-state index in [4.69, 9.17) is 0 Å². The van der Waals surface area contributed by atoms with Crippen LogP contribution in [0.25, 0.3) is 0 Å². The Morgan fingerprint density at radius 2 is 2.50 bits per heavy atom. The third-order valence-electron chi connectivity index (χ3n) is 0.860. The van der Waals surface area contributed by atoms with Crippen LogP contribution in [0.2, 0.25) is 0 Å². The van der Waals surface area contributed by atoms with Gasteiger partial charge in [0.2, 0.25) is 0 Å². The molecule has 0 N–H and O–H groups in total. The number of carbonyl (C=O) groups excluding carboxylic acids is 1. The highest BCUT2D eigenvalue weighted by Gasteiger charge is 2.31. The Morgan fingerprint density at radius 1 is 1.88 bits per heavy atom. The van der Waals surface area contributed by atoms with Crippen molar-refractivity contribution in [1.29, 1.82) is 0 Å². The summed E-state index contributed by atoms with van der Waals surface area (Å²) >= 11 is 0.601. The molecule has 0 amide bonds. The Kier molecular flexibility index (Phi) is 1.42. The molecular weight excluding hydrogens is 131 g/mol. The number of ether oxygens (including phenoxy) is 1. The lowest BCUT2D eigenvalue weighted by atomic mass is 10.5. The van der Waals surface area contributed by atoms with Gasteiger partial charge in [0.15, 0.2) is 5.50 Å². The van der Waals surface area contributed by atoms with E-state index in [1.54, 1.807) is 0 Å². The molecule has 46 valence electrons. The zero-order chi connectivity index (χ0) is 6.15. The van der Waals surface area contributed by atoms with Gasteiger partial charge in [-0.05, 0) is 18.7 Å². The second kappa shape index (κ2) is 1.93. The summed E-state index contributed by atoms with van der Waals surface area (Å²) in [7, 11) is 0. The second-order valence-corrected chi connectivity index (χ2v) is 2.56. The van der Waals surface area contributed by atoms with Gasteiger partial charge in [0.05, 0.1) is 0 Å². The number of cyclic esters (lactones) is 1. The van der Waals surface area contributed by atoms with Crippen molar-refractivity contribution in [2.24, 2.45) is 0 Å². The molecule has 0 spiro atoms. The van der Waals surface area contributed by atoms with E-state index in [0.29, 0.717) is 11.8 Å². The maximum Gasteiger partial charge on any atom is 0.370 e. The minimum absolute atomic E-state index is 0.509. The van der Waals surface area contributed by atoms with E-state index in [1.807, 2.05) is 0 Å². The SMILES string of the molecule is CC1OC(=O)SC1F. The van der Waals surface area contributed by atoms with Gasteiger partial charge in [0, 0.05) is 0 Å². The molecule has 1 saturated heterocycles. The van der Waals surface area contributed by atoms with Crippen LogP contribution in [0.5, 0.6) is 0 Å². The van der Waals surface area contributed by atoms with Gasteiger partial charge in [-0.2, -0.15) is 0 Å². The van der Waals surface area contributed by atoms with Gasteiger partial charge in [-0.25, -0.2) is 9.18 Å². The zero-order valence-corrected chi connectivity index (χ0v) is 5.07. The number of hydrogen-bond acceptors (Lipinski definition) is 3. The predicted molar refractivity (Wildman–Crippen MR) is 28.4 cm³/mol. The van der Waals surface area contributed by atoms with E-state index < -0.39 is 16.9 Å². The summed E-state index contributed by atoms with van der Waals surface area (Å²) in [5.41, 5.74) is -1.16. The quantitative estimate of drug-likeness (QED) is 0.472. The van der Waals surface area contributed by atoms with Crippen molar-refractivity contribution in [1.82, 2.24) is 0 Å². The summed E-state index contributed by atoms with van der Waals surface area (Å²) in [6.45, 7) is 1.53. The molecular formula is C4H5FO2S. The largest absolute Gasteiger partial charge is 0.450 e. The van der Waals surface area contributed by atoms with Crippen LogP contribution in [0.1, 0.15) is 6.92 Å². The monoisotopic (exact) mass is 136 g/mol. The lowest BCUT2D eigenvalue weighted by Crippen LogP contribution is -2.09. The number of alkyl halides is 1. The van der Waals surface area contributed by atoms with Crippen LogP contribution in [-0.2, 0) is 4.74 Å². The highest BCUT2D eigenvalue weighted by atomic mass is 32.2. The standard InChI is InChI=1S/C4H5FO2S/c1-2-3(5)8-4(6)7-2/h2-3H,1H3. The molecule has 1 heterocycles. The lowest BCUT2D eigenvalue weighted by molar-refractivity contribution is 0.119. The molecule has 0 aromatic carbocycles. The second-order valence-electron chi connectivity index (χ2n) is 1.54. The molecule has 1 rings (SSSR count). The minimum Gasteiger partial charge on any atom is -0.450 e. The van der Waals surface area contributed by atoms with Crippen molar-refractivity contribution >= 4 is 17.1 Å². The molecule has 0 saturated carbocycles. The van der Waals surface area contributed by atoms with Crippen LogP contribution < -0.4 is 0 Å². The van der Waals surface area contributed by atoms with E-state index >= 15 is 0 Å². The Bertz CT molecular complexity index is 105. The maximum absolute atomic E-state index is 12.2. The van der Waals surface area contributed by atoms with Crippen LogP contribution in [0.15, 0.2) is 0 Å². The van der Waals surface area contributed by atoms with Crippen molar-refractivity contribution in [2.75, 3.05) is 0 Å². The third-order valence-corrected chi connectivity index (χ3v) is 1.76. The van der Waals surface area contributed by atoms with Gasteiger partial charge in [-0.1, -0.05) is 0 Å².